The molecular weight excluding hydrogens is 264 g/mol. The van der Waals surface area contributed by atoms with Gasteiger partial charge in [0.05, 0.1) is 0 Å². The van der Waals surface area contributed by atoms with Crippen molar-refractivity contribution in [2.45, 2.75) is 45.6 Å². The predicted molar refractivity (Wildman–Crippen MR) is 87.9 cm³/mol. The van der Waals surface area contributed by atoms with Crippen LogP contribution in [0.15, 0.2) is 30.3 Å². The standard InChI is InChI=1S/C17H28N2O2/c1-4-17(16(20)21,18-5-2)13-10-14-19(6-3)15-11-8-7-9-12-15/h7-9,11-12,18H,4-6,10,13-14H2,1-3H3,(H,20,21). The Morgan fingerprint density at radius 3 is 2.38 bits per heavy atom. The van der Waals surface area contributed by atoms with Gasteiger partial charge in [0.1, 0.15) is 5.54 Å². The third kappa shape index (κ3) is 4.74. The van der Waals surface area contributed by atoms with Crippen LogP contribution in [0, 0.1) is 0 Å². The van der Waals surface area contributed by atoms with E-state index in [4.69, 9.17) is 0 Å². The van der Waals surface area contributed by atoms with Gasteiger partial charge in [0.15, 0.2) is 0 Å². The van der Waals surface area contributed by atoms with Crippen LogP contribution in [0.3, 0.4) is 0 Å². The van der Waals surface area contributed by atoms with Gasteiger partial charge in [-0.15, -0.1) is 0 Å². The molecule has 0 saturated carbocycles. The molecule has 0 fully saturated rings. The van der Waals surface area contributed by atoms with Crippen molar-refractivity contribution < 1.29 is 9.90 Å². The fourth-order valence-electron chi connectivity index (χ4n) is 2.74. The highest BCUT2D eigenvalue weighted by atomic mass is 16.4. The normalized spacial score (nSPS) is 13.7. The minimum atomic E-state index is -0.787. The summed E-state index contributed by atoms with van der Waals surface area (Å²) < 4.78 is 0. The number of hydrogen-bond acceptors (Lipinski definition) is 3. The molecule has 1 unspecified atom stereocenters. The number of hydrogen-bond donors (Lipinski definition) is 2. The molecule has 0 bridgehead atoms. The first-order valence-electron chi connectivity index (χ1n) is 7.88. The molecule has 2 N–H and O–H groups in total. The number of rotatable bonds is 10. The SMILES string of the molecule is CCNC(CC)(CCCN(CC)c1ccccc1)C(=O)O. The van der Waals surface area contributed by atoms with Gasteiger partial charge in [-0.3, -0.25) is 4.79 Å². The van der Waals surface area contributed by atoms with Crippen LogP contribution in [0.25, 0.3) is 0 Å². The molecule has 0 radical (unpaired) electrons. The van der Waals surface area contributed by atoms with E-state index < -0.39 is 11.5 Å². The van der Waals surface area contributed by atoms with Gasteiger partial charge in [0.2, 0.25) is 0 Å². The summed E-state index contributed by atoms with van der Waals surface area (Å²) in [5.74, 6) is -0.741. The van der Waals surface area contributed by atoms with Crippen LogP contribution in [0.1, 0.15) is 40.0 Å². The van der Waals surface area contributed by atoms with Crippen molar-refractivity contribution in [1.29, 1.82) is 0 Å². The highest BCUT2D eigenvalue weighted by molar-refractivity contribution is 5.78. The van der Waals surface area contributed by atoms with Gasteiger partial charge < -0.3 is 15.3 Å². The number of para-hydroxylation sites is 1. The Labute approximate surface area is 128 Å². The van der Waals surface area contributed by atoms with E-state index >= 15 is 0 Å². The summed E-state index contributed by atoms with van der Waals surface area (Å²) in [6.45, 7) is 8.50. The molecule has 1 aromatic rings. The average Bonchev–Trinajstić information content (AvgIpc) is 2.51. The van der Waals surface area contributed by atoms with Gasteiger partial charge in [-0.05, 0) is 44.9 Å². The van der Waals surface area contributed by atoms with Crippen LogP contribution >= 0.6 is 0 Å². The van der Waals surface area contributed by atoms with E-state index in [1.165, 1.54) is 5.69 Å². The van der Waals surface area contributed by atoms with Gasteiger partial charge in [-0.25, -0.2) is 0 Å². The number of carboxylic acids is 1. The lowest BCUT2D eigenvalue weighted by molar-refractivity contribution is -0.145. The number of nitrogens with one attached hydrogen (secondary N) is 1. The van der Waals surface area contributed by atoms with Crippen LogP contribution in [0.4, 0.5) is 5.69 Å². The molecular formula is C17H28N2O2. The zero-order valence-electron chi connectivity index (χ0n) is 13.4. The highest BCUT2D eigenvalue weighted by Gasteiger charge is 2.35. The topological polar surface area (TPSA) is 52.6 Å². The number of anilines is 1. The molecule has 1 atom stereocenters. The Bertz CT molecular complexity index is 422. The minimum absolute atomic E-state index is 0.605. The van der Waals surface area contributed by atoms with Crippen molar-refractivity contribution in [1.82, 2.24) is 5.32 Å². The smallest absolute Gasteiger partial charge is 0.323 e. The third-order valence-electron chi connectivity index (χ3n) is 4.06. The lowest BCUT2D eigenvalue weighted by Gasteiger charge is -2.31. The van der Waals surface area contributed by atoms with E-state index in [2.05, 4.69) is 29.3 Å². The monoisotopic (exact) mass is 292 g/mol. The number of likely N-dealkylation sites (N-methyl/N-ethyl adjacent to an activating group) is 1. The lowest BCUT2D eigenvalue weighted by Crippen LogP contribution is -2.52. The largest absolute Gasteiger partial charge is 0.480 e. The molecule has 4 heteroatoms. The first-order valence-corrected chi connectivity index (χ1v) is 7.88. The number of benzene rings is 1. The van der Waals surface area contributed by atoms with Crippen LogP contribution in [0.2, 0.25) is 0 Å². The number of nitrogens with zero attached hydrogens (tertiary/aromatic N) is 1. The van der Waals surface area contributed by atoms with Crippen molar-refractivity contribution in [3.8, 4) is 0 Å². The van der Waals surface area contributed by atoms with Crippen molar-refractivity contribution >= 4 is 11.7 Å². The molecule has 0 saturated heterocycles. The summed E-state index contributed by atoms with van der Waals surface area (Å²) in [7, 11) is 0. The van der Waals surface area contributed by atoms with Crippen molar-refractivity contribution in [2.24, 2.45) is 0 Å². The summed E-state index contributed by atoms with van der Waals surface area (Å²) in [6, 6.07) is 10.3. The first kappa shape index (κ1) is 17.5. The summed E-state index contributed by atoms with van der Waals surface area (Å²) in [5.41, 5.74) is 0.408. The average molecular weight is 292 g/mol. The highest BCUT2D eigenvalue weighted by Crippen LogP contribution is 2.20. The van der Waals surface area contributed by atoms with Crippen molar-refractivity contribution in [3.63, 3.8) is 0 Å². The van der Waals surface area contributed by atoms with Gasteiger partial charge in [0.25, 0.3) is 0 Å². The molecule has 0 aliphatic heterocycles. The lowest BCUT2D eigenvalue weighted by atomic mass is 9.90. The number of aliphatic carboxylic acids is 1. The summed E-state index contributed by atoms with van der Waals surface area (Å²) in [4.78, 5) is 13.9. The van der Waals surface area contributed by atoms with E-state index in [0.717, 1.165) is 19.5 Å². The molecule has 1 rings (SSSR count). The molecule has 0 amide bonds. The second-order valence-corrected chi connectivity index (χ2v) is 5.29. The maximum atomic E-state index is 11.6. The van der Waals surface area contributed by atoms with E-state index in [0.29, 0.717) is 19.4 Å². The first-order chi connectivity index (χ1) is 10.1. The van der Waals surface area contributed by atoms with Crippen LogP contribution in [-0.4, -0.2) is 36.2 Å². The second-order valence-electron chi connectivity index (χ2n) is 5.29. The minimum Gasteiger partial charge on any atom is -0.480 e. The van der Waals surface area contributed by atoms with Gasteiger partial charge in [-0.2, -0.15) is 0 Å². The van der Waals surface area contributed by atoms with E-state index in [-0.39, 0.29) is 0 Å². The molecule has 0 aliphatic rings. The quantitative estimate of drug-likeness (QED) is 0.695. The number of carboxylic acid groups (broad SMARTS) is 1. The second kappa shape index (κ2) is 8.67. The Balaban J connectivity index is 2.62. The molecule has 21 heavy (non-hydrogen) atoms. The third-order valence-corrected chi connectivity index (χ3v) is 4.06. The molecule has 0 spiro atoms. The molecule has 0 aromatic heterocycles. The van der Waals surface area contributed by atoms with Crippen molar-refractivity contribution in [3.05, 3.63) is 30.3 Å². The zero-order chi connectivity index (χ0) is 15.7. The molecule has 4 nitrogen and oxygen atoms in total. The van der Waals surface area contributed by atoms with Crippen LogP contribution in [-0.2, 0) is 4.79 Å². The van der Waals surface area contributed by atoms with E-state index in [1.807, 2.05) is 32.0 Å². The van der Waals surface area contributed by atoms with E-state index in [9.17, 15) is 9.90 Å². The molecule has 0 heterocycles. The molecule has 1 aromatic carbocycles. The zero-order valence-corrected chi connectivity index (χ0v) is 13.4. The number of carbonyl (C=O) groups is 1. The Morgan fingerprint density at radius 2 is 1.90 bits per heavy atom. The van der Waals surface area contributed by atoms with Crippen LogP contribution < -0.4 is 10.2 Å². The van der Waals surface area contributed by atoms with Gasteiger partial charge in [-0.1, -0.05) is 32.0 Å². The van der Waals surface area contributed by atoms with Crippen LogP contribution in [0.5, 0.6) is 0 Å². The van der Waals surface area contributed by atoms with Gasteiger partial charge >= 0.3 is 5.97 Å². The summed E-state index contributed by atoms with van der Waals surface area (Å²) in [6.07, 6.45) is 2.11. The van der Waals surface area contributed by atoms with E-state index in [1.54, 1.807) is 0 Å². The molecule has 118 valence electrons. The molecule has 0 aliphatic carbocycles. The Morgan fingerprint density at radius 1 is 1.24 bits per heavy atom. The summed E-state index contributed by atoms with van der Waals surface area (Å²) >= 11 is 0. The Kier molecular flexibility index (Phi) is 7.23. The summed E-state index contributed by atoms with van der Waals surface area (Å²) in [5, 5.41) is 12.7. The van der Waals surface area contributed by atoms with Crippen molar-refractivity contribution in [2.75, 3.05) is 24.5 Å². The van der Waals surface area contributed by atoms with Gasteiger partial charge in [0, 0.05) is 18.8 Å². The maximum Gasteiger partial charge on any atom is 0.323 e. The Hall–Kier alpha value is -1.55. The fraction of sp³-hybridized carbons (Fsp3) is 0.588. The maximum absolute atomic E-state index is 11.6. The fourth-order valence-corrected chi connectivity index (χ4v) is 2.74. The predicted octanol–water partition coefficient (Wildman–Crippen LogP) is 3.14.